The fourth-order valence-electron chi connectivity index (χ4n) is 2.54. The molecule has 0 spiro atoms. The predicted molar refractivity (Wildman–Crippen MR) is 85.0 cm³/mol. The number of amides is 2. The lowest BCUT2D eigenvalue weighted by atomic mass is 10.2. The molecule has 0 bridgehead atoms. The summed E-state index contributed by atoms with van der Waals surface area (Å²) in [6.45, 7) is 0.505. The number of thiazole rings is 1. The number of aromatic nitrogens is 1. The summed E-state index contributed by atoms with van der Waals surface area (Å²) in [5, 5.41) is 5.16. The molecule has 0 saturated carbocycles. The Kier molecular flexibility index (Phi) is 4.24. The second-order valence-corrected chi connectivity index (χ2v) is 6.09. The van der Waals surface area contributed by atoms with Crippen molar-refractivity contribution in [1.29, 1.82) is 0 Å². The van der Waals surface area contributed by atoms with E-state index >= 15 is 0 Å². The zero-order chi connectivity index (χ0) is 16.4. The lowest BCUT2D eigenvalue weighted by Gasteiger charge is -2.20. The first-order valence-electron chi connectivity index (χ1n) is 7.13. The molecule has 0 radical (unpaired) electrons. The summed E-state index contributed by atoms with van der Waals surface area (Å²) in [5.41, 5.74) is 6.28. The predicted octanol–water partition coefficient (Wildman–Crippen LogP) is 2.12. The molecule has 6 nitrogen and oxygen atoms in total. The third-order valence-corrected chi connectivity index (χ3v) is 4.42. The van der Waals surface area contributed by atoms with Crippen molar-refractivity contribution < 1.29 is 14.0 Å². The topological polar surface area (TPSA) is 88.3 Å². The number of primary amides is 1. The molecule has 1 aromatic carbocycles. The van der Waals surface area contributed by atoms with Crippen molar-refractivity contribution in [2.45, 2.75) is 18.9 Å². The second kappa shape index (κ2) is 6.33. The Bertz CT molecular complexity index is 731. The molecular formula is C15H15FN4O2S. The Labute approximate surface area is 136 Å². The molecule has 120 valence electrons. The third kappa shape index (κ3) is 3.31. The number of rotatable bonds is 4. The molecule has 3 rings (SSSR count). The summed E-state index contributed by atoms with van der Waals surface area (Å²) in [7, 11) is 0. The minimum absolute atomic E-state index is 0.271. The van der Waals surface area contributed by atoms with Gasteiger partial charge in [0.25, 0.3) is 5.91 Å². The number of benzene rings is 1. The van der Waals surface area contributed by atoms with Gasteiger partial charge in [0.15, 0.2) is 5.13 Å². The van der Waals surface area contributed by atoms with E-state index < -0.39 is 11.9 Å². The molecule has 8 heteroatoms. The van der Waals surface area contributed by atoms with Crippen molar-refractivity contribution >= 4 is 34.0 Å². The van der Waals surface area contributed by atoms with Crippen LogP contribution in [0, 0.1) is 5.82 Å². The van der Waals surface area contributed by atoms with Gasteiger partial charge >= 0.3 is 0 Å². The van der Waals surface area contributed by atoms with Crippen LogP contribution in [0.4, 0.5) is 15.2 Å². The minimum Gasteiger partial charge on any atom is -0.368 e. The van der Waals surface area contributed by atoms with E-state index in [4.69, 9.17) is 5.73 Å². The molecule has 2 aromatic rings. The zero-order valence-electron chi connectivity index (χ0n) is 12.2. The van der Waals surface area contributed by atoms with Gasteiger partial charge in [0, 0.05) is 17.6 Å². The summed E-state index contributed by atoms with van der Waals surface area (Å²) in [4.78, 5) is 29.6. The monoisotopic (exact) mass is 334 g/mol. The first-order chi connectivity index (χ1) is 11.0. The Morgan fingerprint density at radius 1 is 1.35 bits per heavy atom. The van der Waals surface area contributed by atoms with E-state index in [0.29, 0.717) is 23.8 Å². The van der Waals surface area contributed by atoms with Crippen LogP contribution in [0.3, 0.4) is 0 Å². The molecule has 1 fully saturated rings. The quantitative estimate of drug-likeness (QED) is 0.896. The molecule has 23 heavy (non-hydrogen) atoms. The zero-order valence-corrected chi connectivity index (χ0v) is 13.0. The van der Waals surface area contributed by atoms with Crippen LogP contribution in [0.5, 0.6) is 0 Å². The highest BCUT2D eigenvalue weighted by Gasteiger charge is 2.34. The van der Waals surface area contributed by atoms with Crippen LogP contribution in [-0.4, -0.2) is 34.3 Å². The second-order valence-electron chi connectivity index (χ2n) is 5.23. The molecule has 2 amide bonds. The molecule has 0 aliphatic carbocycles. The Morgan fingerprint density at radius 2 is 2.09 bits per heavy atom. The summed E-state index contributed by atoms with van der Waals surface area (Å²) < 4.78 is 12.9. The lowest BCUT2D eigenvalue weighted by molar-refractivity contribution is -0.121. The SMILES string of the molecule is NC(=O)C1CCCN1C(=O)c1csc(Nc2ccc(F)cc2)n1. The van der Waals surface area contributed by atoms with E-state index in [1.807, 2.05) is 0 Å². The Morgan fingerprint density at radius 3 is 2.78 bits per heavy atom. The van der Waals surface area contributed by atoms with Crippen LogP contribution in [0.2, 0.25) is 0 Å². The smallest absolute Gasteiger partial charge is 0.274 e. The van der Waals surface area contributed by atoms with Crippen LogP contribution < -0.4 is 11.1 Å². The van der Waals surface area contributed by atoms with Gasteiger partial charge in [-0.3, -0.25) is 9.59 Å². The first-order valence-corrected chi connectivity index (χ1v) is 8.01. The number of hydrogen-bond acceptors (Lipinski definition) is 5. The van der Waals surface area contributed by atoms with Gasteiger partial charge in [-0.05, 0) is 37.1 Å². The van der Waals surface area contributed by atoms with Crippen molar-refractivity contribution in [2.24, 2.45) is 5.73 Å². The van der Waals surface area contributed by atoms with E-state index in [1.54, 1.807) is 17.5 Å². The summed E-state index contributed by atoms with van der Waals surface area (Å²) in [5.74, 6) is -1.11. The third-order valence-electron chi connectivity index (χ3n) is 3.66. The summed E-state index contributed by atoms with van der Waals surface area (Å²) in [6.07, 6.45) is 1.34. The maximum atomic E-state index is 12.9. The van der Waals surface area contributed by atoms with E-state index in [2.05, 4.69) is 10.3 Å². The Balaban J connectivity index is 1.72. The van der Waals surface area contributed by atoms with Gasteiger partial charge in [-0.2, -0.15) is 0 Å². The number of likely N-dealkylation sites (tertiary alicyclic amines) is 1. The van der Waals surface area contributed by atoms with Crippen molar-refractivity contribution in [1.82, 2.24) is 9.88 Å². The van der Waals surface area contributed by atoms with Crippen LogP contribution in [0.25, 0.3) is 0 Å². The van der Waals surface area contributed by atoms with Gasteiger partial charge in [-0.25, -0.2) is 9.37 Å². The van der Waals surface area contributed by atoms with Gasteiger partial charge in [0.1, 0.15) is 17.6 Å². The molecule has 1 aliphatic rings. The molecule has 1 aliphatic heterocycles. The fraction of sp³-hybridized carbons (Fsp3) is 0.267. The fourth-order valence-corrected chi connectivity index (χ4v) is 3.24. The highest BCUT2D eigenvalue weighted by atomic mass is 32.1. The van der Waals surface area contributed by atoms with Crippen LogP contribution in [-0.2, 0) is 4.79 Å². The van der Waals surface area contributed by atoms with E-state index in [1.165, 1.54) is 28.4 Å². The summed E-state index contributed by atoms with van der Waals surface area (Å²) in [6, 6.07) is 5.29. The number of nitrogens with zero attached hydrogens (tertiary/aromatic N) is 2. The molecule has 2 heterocycles. The van der Waals surface area contributed by atoms with Gasteiger partial charge in [0.2, 0.25) is 5.91 Å². The van der Waals surface area contributed by atoms with Crippen LogP contribution in [0.1, 0.15) is 23.3 Å². The van der Waals surface area contributed by atoms with Crippen LogP contribution in [0.15, 0.2) is 29.6 Å². The van der Waals surface area contributed by atoms with Gasteiger partial charge < -0.3 is 16.0 Å². The standard InChI is InChI=1S/C15H15FN4O2S/c16-9-3-5-10(6-4-9)18-15-19-11(8-23-15)14(22)20-7-1-2-12(20)13(17)21/h3-6,8,12H,1-2,7H2,(H2,17,21)(H,18,19). The lowest BCUT2D eigenvalue weighted by Crippen LogP contribution is -2.43. The van der Waals surface area contributed by atoms with Crippen molar-refractivity contribution in [2.75, 3.05) is 11.9 Å². The maximum absolute atomic E-state index is 12.9. The molecule has 1 saturated heterocycles. The number of carbonyl (C=O) groups excluding carboxylic acids is 2. The van der Waals surface area contributed by atoms with E-state index in [0.717, 1.165) is 6.42 Å². The normalized spacial score (nSPS) is 17.3. The Hall–Kier alpha value is -2.48. The van der Waals surface area contributed by atoms with Crippen molar-refractivity contribution in [3.63, 3.8) is 0 Å². The van der Waals surface area contributed by atoms with Gasteiger partial charge in [0.05, 0.1) is 0 Å². The number of carbonyl (C=O) groups is 2. The largest absolute Gasteiger partial charge is 0.368 e. The maximum Gasteiger partial charge on any atom is 0.274 e. The number of halogens is 1. The van der Waals surface area contributed by atoms with E-state index in [-0.39, 0.29) is 17.4 Å². The first kappa shape index (κ1) is 15.4. The van der Waals surface area contributed by atoms with Crippen LogP contribution >= 0.6 is 11.3 Å². The van der Waals surface area contributed by atoms with Gasteiger partial charge in [-0.1, -0.05) is 0 Å². The van der Waals surface area contributed by atoms with Crippen molar-refractivity contribution in [3.8, 4) is 0 Å². The van der Waals surface area contributed by atoms with Crippen molar-refractivity contribution in [3.05, 3.63) is 41.2 Å². The number of nitrogens with one attached hydrogen (secondary N) is 1. The molecule has 1 atom stereocenters. The highest BCUT2D eigenvalue weighted by molar-refractivity contribution is 7.14. The number of hydrogen-bond donors (Lipinski definition) is 2. The molecule has 3 N–H and O–H groups in total. The minimum atomic E-state index is -0.558. The number of nitrogens with two attached hydrogens (primary N) is 1. The number of anilines is 2. The molecule has 1 unspecified atom stereocenters. The average Bonchev–Trinajstić information content (AvgIpc) is 3.18. The summed E-state index contributed by atoms with van der Waals surface area (Å²) >= 11 is 1.27. The average molecular weight is 334 g/mol. The highest BCUT2D eigenvalue weighted by Crippen LogP contribution is 2.24. The molecule has 1 aromatic heterocycles. The van der Waals surface area contributed by atoms with Gasteiger partial charge in [-0.15, -0.1) is 11.3 Å². The molecular weight excluding hydrogens is 319 g/mol. The van der Waals surface area contributed by atoms with E-state index in [9.17, 15) is 14.0 Å².